The second-order valence-electron chi connectivity index (χ2n) is 7.37. The summed E-state index contributed by atoms with van der Waals surface area (Å²) in [6.07, 6.45) is -3.74. The van der Waals surface area contributed by atoms with Crippen molar-refractivity contribution in [2.75, 3.05) is 49.5 Å². The third-order valence-corrected chi connectivity index (χ3v) is 6.22. The summed E-state index contributed by atoms with van der Waals surface area (Å²) >= 11 is 1.08. The van der Waals surface area contributed by atoms with Crippen LogP contribution in [0.15, 0.2) is 36.7 Å². The van der Waals surface area contributed by atoms with Crippen molar-refractivity contribution in [3.05, 3.63) is 47.1 Å². The van der Waals surface area contributed by atoms with E-state index in [1.807, 2.05) is 12.1 Å². The van der Waals surface area contributed by atoms with Gasteiger partial charge in [0.15, 0.2) is 0 Å². The highest BCUT2D eigenvalue weighted by molar-refractivity contribution is 7.18. The van der Waals surface area contributed by atoms with Gasteiger partial charge in [-0.3, -0.25) is 4.90 Å². The lowest BCUT2D eigenvalue weighted by Crippen LogP contribution is -2.48. The van der Waals surface area contributed by atoms with E-state index in [0.717, 1.165) is 56.3 Å². The topological polar surface area (TPSA) is 68.1 Å². The number of benzene rings is 1. The second-order valence-corrected chi connectivity index (χ2v) is 8.48. The van der Waals surface area contributed by atoms with Crippen LogP contribution in [-0.2, 0) is 6.42 Å². The number of thiophene rings is 1. The average Bonchev–Trinajstić information content (AvgIpc) is 3.15. The first-order valence-corrected chi connectivity index (χ1v) is 10.7. The van der Waals surface area contributed by atoms with E-state index in [9.17, 15) is 13.2 Å². The first-order valence-electron chi connectivity index (χ1n) is 9.93. The zero-order valence-corrected chi connectivity index (χ0v) is 17.5. The maximum absolute atomic E-state index is 12.7. The van der Waals surface area contributed by atoms with Crippen molar-refractivity contribution >= 4 is 33.1 Å². The number of aromatic nitrogens is 2. The number of hydrogen-bond donors (Lipinski definition) is 1. The Hall–Kier alpha value is -2.90. The smallest absolute Gasteiger partial charge is 0.384 e. The molecule has 0 aliphatic carbocycles. The van der Waals surface area contributed by atoms with Crippen LogP contribution in [0, 0.1) is 11.3 Å². The van der Waals surface area contributed by atoms with Crippen LogP contribution in [-0.4, -0.2) is 60.3 Å². The van der Waals surface area contributed by atoms with E-state index in [1.165, 1.54) is 6.33 Å². The summed E-state index contributed by atoms with van der Waals surface area (Å²) in [4.78, 5) is 13.8. The lowest BCUT2D eigenvalue weighted by atomic mass is 10.2. The van der Waals surface area contributed by atoms with Gasteiger partial charge in [0.25, 0.3) is 0 Å². The molecule has 4 rings (SSSR count). The van der Waals surface area contributed by atoms with Gasteiger partial charge in [-0.05, 0) is 30.3 Å². The van der Waals surface area contributed by atoms with E-state index in [1.54, 1.807) is 18.2 Å². The molecule has 6 nitrogen and oxygen atoms in total. The lowest BCUT2D eigenvalue weighted by molar-refractivity contribution is -0.126. The van der Waals surface area contributed by atoms with E-state index in [4.69, 9.17) is 5.26 Å². The fourth-order valence-corrected chi connectivity index (χ4v) is 4.65. The molecule has 1 aromatic carbocycles. The van der Waals surface area contributed by atoms with Gasteiger partial charge in [-0.25, -0.2) is 9.97 Å². The molecule has 0 radical (unpaired) electrons. The Morgan fingerprint density at radius 3 is 2.52 bits per heavy atom. The number of anilines is 2. The Morgan fingerprint density at radius 2 is 1.84 bits per heavy atom. The molecule has 0 atom stereocenters. The number of hydrogen-bond acceptors (Lipinski definition) is 7. The zero-order valence-electron chi connectivity index (χ0n) is 16.7. The largest absolute Gasteiger partial charge is 0.393 e. The summed E-state index contributed by atoms with van der Waals surface area (Å²) in [5.74, 6) is 0.713. The van der Waals surface area contributed by atoms with E-state index in [2.05, 4.69) is 31.2 Å². The van der Waals surface area contributed by atoms with Crippen LogP contribution in [0.2, 0.25) is 0 Å². The molecule has 1 N–H and O–H groups in total. The molecule has 0 saturated carbocycles. The van der Waals surface area contributed by atoms with Gasteiger partial charge in [0.05, 0.1) is 23.4 Å². The predicted octanol–water partition coefficient (Wildman–Crippen LogP) is 3.90. The van der Waals surface area contributed by atoms with E-state index >= 15 is 0 Å². The first kappa shape index (κ1) is 21.3. The molecule has 3 aromatic rings. The molecule has 2 aromatic heterocycles. The van der Waals surface area contributed by atoms with Crippen molar-refractivity contribution in [1.29, 1.82) is 5.26 Å². The summed E-state index contributed by atoms with van der Waals surface area (Å²) in [5, 5.41) is 12.9. The normalized spacial score (nSPS) is 15.2. The number of alkyl halides is 3. The van der Waals surface area contributed by atoms with Gasteiger partial charge < -0.3 is 10.2 Å². The molecule has 3 heterocycles. The Balaban J connectivity index is 1.32. The Kier molecular flexibility index (Phi) is 6.25. The molecule has 31 heavy (non-hydrogen) atoms. The molecule has 1 saturated heterocycles. The minimum Gasteiger partial charge on any atom is -0.384 e. The molecule has 1 fully saturated rings. The quantitative estimate of drug-likeness (QED) is 0.620. The summed E-state index contributed by atoms with van der Waals surface area (Å²) < 4.78 is 38.2. The van der Waals surface area contributed by atoms with Gasteiger partial charge >= 0.3 is 6.18 Å². The molecule has 0 bridgehead atoms. The number of halogens is 3. The molecule has 1 aliphatic rings. The van der Waals surface area contributed by atoms with Crippen molar-refractivity contribution in [2.45, 2.75) is 12.6 Å². The number of nitrogens with zero attached hydrogens (tertiary/aromatic N) is 5. The number of fused-ring (bicyclic) bond motifs is 1. The Bertz CT molecular complexity index is 1070. The summed E-state index contributed by atoms with van der Waals surface area (Å²) in [6.45, 7) is 4.87. The van der Waals surface area contributed by atoms with Crippen LogP contribution in [0.3, 0.4) is 0 Å². The third kappa shape index (κ3) is 5.42. The summed E-state index contributed by atoms with van der Waals surface area (Å²) in [7, 11) is 0. The minimum absolute atomic E-state index is 0.261. The first-order chi connectivity index (χ1) is 14.9. The van der Waals surface area contributed by atoms with Gasteiger partial charge in [-0.2, -0.15) is 18.4 Å². The second kappa shape index (κ2) is 9.08. The standard InChI is InChI=1S/C21H21F3N6S/c22-21(23,24)12-17-11-18-19(27-14-28-20(18)31-17)30-9-7-29(8-10-30)6-5-26-16-3-1-15(13-25)2-4-16/h1-4,11,14,26H,5-10,12H2. The maximum atomic E-state index is 12.7. The molecule has 10 heteroatoms. The van der Waals surface area contributed by atoms with Crippen LogP contribution in [0.1, 0.15) is 10.4 Å². The molecular weight excluding hydrogens is 425 g/mol. The van der Waals surface area contributed by atoms with E-state index in [0.29, 0.717) is 21.6 Å². The SMILES string of the molecule is N#Cc1ccc(NCCN2CCN(c3ncnc4sc(CC(F)(F)F)cc34)CC2)cc1. The third-order valence-electron chi connectivity index (χ3n) is 5.18. The molecule has 0 spiro atoms. The lowest BCUT2D eigenvalue weighted by Gasteiger charge is -2.35. The van der Waals surface area contributed by atoms with Gasteiger partial charge in [0.2, 0.25) is 0 Å². The van der Waals surface area contributed by atoms with Crippen molar-refractivity contribution in [2.24, 2.45) is 0 Å². The zero-order chi connectivity index (χ0) is 21.8. The number of nitriles is 1. The fourth-order valence-electron chi connectivity index (χ4n) is 3.63. The van der Waals surface area contributed by atoms with Crippen LogP contribution in [0.5, 0.6) is 0 Å². The monoisotopic (exact) mass is 446 g/mol. The van der Waals surface area contributed by atoms with Crippen molar-refractivity contribution in [1.82, 2.24) is 14.9 Å². The molecule has 162 valence electrons. The van der Waals surface area contributed by atoms with Crippen LogP contribution < -0.4 is 10.2 Å². The molecule has 0 unspecified atom stereocenters. The highest BCUT2D eigenvalue weighted by atomic mass is 32.1. The summed E-state index contributed by atoms with van der Waals surface area (Å²) in [6, 6.07) is 11.0. The minimum atomic E-state index is -4.23. The van der Waals surface area contributed by atoms with Gasteiger partial charge in [-0.15, -0.1) is 11.3 Å². The molecule has 1 aliphatic heterocycles. The molecular formula is C21H21F3N6S. The highest BCUT2D eigenvalue weighted by Gasteiger charge is 2.29. The summed E-state index contributed by atoms with van der Waals surface area (Å²) in [5.41, 5.74) is 1.62. The highest BCUT2D eigenvalue weighted by Crippen LogP contribution is 2.33. The van der Waals surface area contributed by atoms with E-state index < -0.39 is 12.6 Å². The van der Waals surface area contributed by atoms with Crippen LogP contribution in [0.25, 0.3) is 10.2 Å². The Morgan fingerprint density at radius 1 is 1.10 bits per heavy atom. The predicted molar refractivity (Wildman–Crippen MR) is 115 cm³/mol. The number of nitrogens with one attached hydrogen (secondary N) is 1. The average molecular weight is 447 g/mol. The van der Waals surface area contributed by atoms with Crippen LogP contribution in [0.4, 0.5) is 24.7 Å². The van der Waals surface area contributed by atoms with Crippen molar-refractivity contribution < 1.29 is 13.2 Å². The van der Waals surface area contributed by atoms with E-state index in [-0.39, 0.29) is 4.88 Å². The molecule has 0 amide bonds. The van der Waals surface area contributed by atoms with Crippen LogP contribution >= 0.6 is 11.3 Å². The van der Waals surface area contributed by atoms with Crippen molar-refractivity contribution in [3.8, 4) is 6.07 Å². The van der Waals surface area contributed by atoms with Gasteiger partial charge in [0, 0.05) is 49.8 Å². The Labute approximate surface area is 181 Å². The van der Waals surface area contributed by atoms with Crippen molar-refractivity contribution in [3.63, 3.8) is 0 Å². The van der Waals surface area contributed by atoms with Gasteiger partial charge in [0.1, 0.15) is 17.0 Å². The number of piperazine rings is 1. The maximum Gasteiger partial charge on any atom is 0.393 e. The van der Waals surface area contributed by atoms with Gasteiger partial charge in [-0.1, -0.05) is 0 Å². The fraction of sp³-hybridized carbons (Fsp3) is 0.381. The number of rotatable bonds is 6.